The summed E-state index contributed by atoms with van der Waals surface area (Å²) in [5.74, 6) is 0.833. The van der Waals surface area contributed by atoms with Gasteiger partial charge in [0.2, 0.25) is 0 Å². The highest BCUT2D eigenvalue weighted by Crippen LogP contribution is 2.26. The second kappa shape index (κ2) is 5.49. The van der Waals surface area contributed by atoms with Gasteiger partial charge in [-0.05, 0) is 31.2 Å². The maximum atomic E-state index is 3.78. The summed E-state index contributed by atoms with van der Waals surface area (Å²) in [6.45, 7) is 4.66. The second-order valence-electron chi connectivity index (χ2n) is 5.17. The molecule has 88 valence electrons. The molecule has 0 bridgehead atoms. The van der Waals surface area contributed by atoms with E-state index in [0.717, 1.165) is 5.92 Å². The Kier molecular flexibility index (Phi) is 4.00. The van der Waals surface area contributed by atoms with Gasteiger partial charge in [-0.1, -0.05) is 50.1 Å². The molecule has 0 amide bonds. The molecule has 1 aliphatic carbocycles. The number of rotatable bonds is 3. The van der Waals surface area contributed by atoms with E-state index in [4.69, 9.17) is 0 Å². The van der Waals surface area contributed by atoms with Crippen molar-refractivity contribution in [3.05, 3.63) is 35.9 Å². The Morgan fingerprint density at radius 2 is 1.81 bits per heavy atom. The smallest absolute Gasteiger partial charge is 0.0294 e. The molecule has 0 spiro atoms. The summed E-state index contributed by atoms with van der Waals surface area (Å²) in [6.07, 6.45) is 5.54. The van der Waals surface area contributed by atoms with Gasteiger partial charge in [-0.2, -0.15) is 0 Å². The Bertz CT molecular complexity index is 306. The molecule has 1 aromatic rings. The van der Waals surface area contributed by atoms with Gasteiger partial charge in [-0.25, -0.2) is 0 Å². The summed E-state index contributed by atoms with van der Waals surface area (Å²) >= 11 is 0. The average Bonchev–Trinajstić information content (AvgIpc) is 2.33. The molecular weight excluding hydrogens is 194 g/mol. The van der Waals surface area contributed by atoms with Crippen molar-refractivity contribution in [2.24, 2.45) is 5.92 Å². The van der Waals surface area contributed by atoms with Crippen LogP contribution in [-0.2, 0) is 0 Å². The minimum atomic E-state index is 0.478. The third-order valence-corrected chi connectivity index (χ3v) is 3.88. The van der Waals surface area contributed by atoms with Gasteiger partial charge in [0.15, 0.2) is 0 Å². The zero-order valence-electron chi connectivity index (χ0n) is 10.4. The topological polar surface area (TPSA) is 12.0 Å². The zero-order chi connectivity index (χ0) is 11.4. The first-order valence-corrected chi connectivity index (χ1v) is 6.58. The van der Waals surface area contributed by atoms with Crippen LogP contribution in [-0.4, -0.2) is 6.04 Å². The third-order valence-electron chi connectivity index (χ3n) is 3.88. The fourth-order valence-electron chi connectivity index (χ4n) is 2.72. The first kappa shape index (κ1) is 11.7. The molecule has 16 heavy (non-hydrogen) atoms. The van der Waals surface area contributed by atoms with Crippen LogP contribution in [0.5, 0.6) is 0 Å². The van der Waals surface area contributed by atoms with Crippen LogP contribution in [0.2, 0.25) is 0 Å². The lowest BCUT2D eigenvalue weighted by atomic mass is 9.85. The lowest BCUT2D eigenvalue weighted by molar-refractivity contribution is 0.263. The van der Waals surface area contributed by atoms with E-state index < -0.39 is 0 Å². The Balaban J connectivity index is 1.94. The van der Waals surface area contributed by atoms with Crippen LogP contribution >= 0.6 is 0 Å². The minimum Gasteiger partial charge on any atom is -0.307 e. The molecule has 3 atom stereocenters. The van der Waals surface area contributed by atoms with Crippen LogP contribution in [0.25, 0.3) is 0 Å². The lowest BCUT2D eigenvalue weighted by Crippen LogP contribution is -2.38. The lowest BCUT2D eigenvalue weighted by Gasteiger charge is -2.32. The molecule has 0 saturated heterocycles. The van der Waals surface area contributed by atoms with Gasteiger partial charge in [-0.3, -0.25) is 0 Å². The van der Waals surface area contributed by atoms with Crippen molar-refractivity contribution in [3.8, 4) is 0 Å². The molecule has 0 heterocycles. The standard InChI is InChI=1S/C15H23N/c1-12-8-6-7-11-15(12)16-13(2)14-9-4-3-5-10-14/h3-5,9-10,12-13,15-16H,6-8,11H2,1-2H3/t12-,13?,15-/m0/s1. The normalized spacial score (nSPS) is 27.6. The summed E-state index contributed by atoms with van der Waals surface area (Å²) in [7, 11) is 0. The summed E-state index contributed by atoms with van der Waals surface area (Å²) in [5.41, 5.74) is 1.40. The van der Waals surface area contributed by atoms with Crippen molar-refractivity contribution in [2.75, 3.05) is 0 Å². The molecule has 0 radical (unpaired) electrons. The Morgan fingerprint density at radius 3 is 2.50 bits per heavy atom. The first-order chi connectivity index (χ1) is 7.77. The van der Waals surface area contributed by atoms with Crippen molar-refractivity contribution in [1.82, 2.24) is 5.32 Å². The Hall–Kier alpha value is -0.820. The number of nitrogens with one attached hydrogen (secondary N) is 1. The van der Waals surface area contributed by atoms with Crippen molar-refractivity contribution in [3.63, 3.8) is 0 Å². The molecular formula is C15H23N. The molecule has 1 unspecified atom stereocenters. The molecule has 1 N–H and O–H groups in total. The van der Waals surface area contributed by atoms with Crippen LogP contribution in [0, 0.1) is 5.92 Å². The van der Waals surface area contributed by atoms with Crippen molar-refractivity contribution in [2.45, 2.75) is 51.6 Å². The van der Waals surface area contributed by atoms with Crippen LogP contribution in [0.15, 0.2) is 30.3 Å². The molecule has 1 heteroatoms. The van der Waals surface area contributed by atoms with Gasteiger partial charge in [0, 0.05) is 12.1 Å². The van der Waals surface area contributed by atoms with Crippen LogP contribution in [0.3, 0.4) is 0 Å². The molecule has 1 aliphatic rings. The van der Waals surface area contributed by atoms with E-state index in [9.17, 15) is 0 Å². The monoisotopic (exact) mass is 217 g/mol. The van der Waals surface area contributed by atoms with Gasteiger partial charge in [0.25, 0.3) is 0 Å². The Labute approximate surface area is 99.3 Å². The van der Waals surface area contributed by atoms with Crippen molar-refractivity contribution < 1.29 is 0 Å². The van der Waals surface area contributed by atoms with E-state index in [2.05, 4.69) is 49.5 Å². The predicted molar refractivity (Wildman–Crippen MR) is 69.4 cm³/mol. The second-order valence-corrected chi connectivity index (χ2v) is 5.17. The molecule has 0 aromatic heterocycles. The summed E-state index contributed by atoms with van der Waals surface area (Å²) in [4.78, 5) is 0. The van der Waals surface area contributed by atoms with E-state index in [1.807, 2.05) is 0 Å². The molecule has 1 saturated carbocycles. The maximum Gasteiger partial charge on any atom is 0.0294 e. The van der Waals surface area contributed by atoms with Crippen LogP contribution in [0.1, 0.15) is 51.1 Å². The van der Waals surface area contributed by atoms with E-state index in [0.29, 0.717) is 12.1 Å². The van der Waals surface area contributed by atoms with E-state index in [1.165, 1.54) is 31.2 Å². The largest absolute Gasteiger partial charge is 0.307 e. The third kappa shape index (κ3) is 2.85. The van der Waals surface area contributed by atoms with Crippen molar-refractivity contribution >= 4 is 0 Å². The fourth-order valence-corrected chi connectivity index (χ4v) is 2.72. The summed E-state index contributed by atoms with van der Waals surface area (Å²) in [6, 6.07) is 11.9. The van der Waals surface area contributed by atoms with E-state index >= 15 is 0 Å². The van der Waals surface area contributed by atoms with Crippen molar-refractivity contribution in [1.29, 1.82) is 0 Å². The zero-order valence-corrected chi connectivity index (χ0v) is 10.4. The molecule has 1 nitrogen and oxygen atoms in total. The molecule has 0 aliphatic heterocycles. The van der Waals surface area contributed by atoms with Gasteiger partial charge in [0.1, 0.15) is 0 Å². The van der Waals surface area contributed by atoms with Crippen LogP contribution in [0.4, 0.5) is 0 Å². The molecule has 1 aromatic carbocycles. The average molecular weight is 217 g/mol. The fraction of sp³-hybridized carbons (Fsp3) is 0.600. The SMILES string of the molecule is CC(N[C@H]1CCCC[C@@H]1C)c1ccccc1. The molecule has 2 rings (SSSR count). The van der Waals surface area contributed by atoms with E-state index in [-0.39, 0.29) is 0 Å². The first-order valence-electron chi connectivity index (χ1n) is 6.58. The molecule has 1 fully saturated rings. The van der Waals surface area contributed by atoms with Crippen LogP contribution < -0.4 is 5.32 Å². The minimum absolute atomic E-state index is 0.478. The highest BCUT2D eigenvalue weighted by Gasteiger charge is 2.22. The summed E-state index contributed by atoms with van der Waals surface area (Å²) in [5, 5.41) is 3.78. The Morgan fingerprint density at radius 1 is 1.12 bits per heavy atom. The van der Waals surface area contributed by atoms with Gasteiger partial charge in [0.05, 0.1) is 0 Å². The number of hydrogen-bond donors (Lipinski definition) is 1. The highest BCUT2D eigenvalue weighted by molar-refractivity contribution is 5.18. The van der Waals surface area contributed by atoms with Gasteiger partial charge in [-0.15, -0.1) is 0 Å². The van der Waals surface area contributed by atoms with Gasteiger partial charge >= 0.3 is 0 Å². The summed E-state index contributed by atoms with van der Waals surface area (Å²) < 4.78 is 0. The maximum absolute atomic E-state index is 3.78. The number of benzene rings is 1. The quantitative estimate of drug-likeness (QED) is 0.809. The predicted octanol–water partition coefficient (Wildman–Crippen LogP) is 3.92. The number of hydrogen-bond acceptors (Lipinski definition) is 1. The van der Waals surface area contributed by atoms with E-state index in [1.54, 1.807) is 0 Å². The van der Waals surface area contributed by atoms with Gasteiger partial charge < -0.3 is 5.32 Å². The highest BCUT2D eigenvalue weighted by atomic mass is 15.0.